The molecule has 2 fully saturated rings. The Hall–Kier alpha value is -3.24. The van der Waals surface area contributed by atoms with Crippen LogP contribution in [0.15, 0.2) is 59.6 Å². The van der Waals surface area contributed by atoms with Gasteiger partial charge in [-0.3, -0.25) is 9.78 Å². The van der Waals surface area contributed by atoms with Crippen LogP contribution in [0.2, 0.25) is 0 Å². The minimum absolute atomic E-state index is 0.0214. The quantitative estimate of drug-likeness (QED) is 0.441. The molecule has 0 spiro atoms. The summed E-state index contributed by atoms with van der Waals surface area (Å²) in [4.78, 5) is 24.3. The molecule has 208 valence electrons. The summed E-state index contributed by atoms with van der Waals surface area (Å²) in [5, 5.41) is 0.886. The molecule has 8 nitrogen and oxygen atoms in total. The molecule has 0 N–H and O–H groups in total. The van der Waals surface area contributed by atoms with Gasteiger partial charge in [0.2, 0.25) is 15.9 Å². The molecule has 2 aromatic carbocycles. The van der Waals surface area contributed by atoms with Crippen molar-refractivity contribution in [1.29, 1.82) is 0 Å². The second-order valence-electron chi connectivity index (χ2n) is 10.2. The van der Waals surface area contributed by atoms with E-state index in [1.807, 2.05) is 23.1 Å². The summed E-state index contributed by atoms with van der Waals surface area (Å²) < 4.78 is 42.0. The predicted molar refractivity (Wildman–Crippen MR) is 152 cm³/mol. The highest BCUT2D eigenvalue weighted by molar-refractivity contribution is 7.89. The Bertz CT molecular complexity index is 1420. The molecule has 3 aromatic rings. The summed E-state index contributed by atoms with van der Waals surface area (Å²) in [6.07, 6.45) is 3.03. The number of anilines is 2. The molecule has 0 radical (unpaired) electrons. The van der Waals surface area contributed by atoms with Gasteiger partial charge in [0.15, 0.2) is 0 Å². The minimum atomic E-state index is -3.68. The lowest BCUT2D eigenvalue weighted by Gasteiger charge is -2.39. The summed E-state index contributed by atoms with van der Waals surface area (Å²) in [5.74, 6) is -0.643. The number of nitrogens with zero attached hydrogens (tertiary/aromatic N) is 5. The molecule has 3 heterocycles. The van der Waals surface area contributed by atoms with E-state index in [1.165, 1.54) is 16.4 Å². The lowest BCUT2D eigenvalue weighted by atomic mass is 9.97. The Morgan fingerprint density at radius 1 is 1.00 bits per heavy atom. The van der Waals surface area contributed by atoms with E-state index in [0.717, 1.165) is 29.9 Å². The van der Waals surface area contributed by atoms with Gasteiger partial charge in [-0.2, -0.15) is 4.31 Å². The van der Waals surface area contributed by atoms with Gasteiger partial charge in [0.1, 0.15) is 5.82 Å². The topological polar surface area (TPSA) is 77.1 Å². The van der Waals surface area contributed by atoms with Crippen molar-refractivity contribution < 1.29 is 17.6 Å². The second kappa shape index (κ2) is 11.5. The van der Waals surface area contributed by atoms with Gasteiger partial charge in [0.25, 0.3) is 0 Å². The third-order valence-electron chi connectivity index (χ3n) is 7.95. The first kappa shape index (κ1) is 27.3. The molecule has 0 bridgehead atoms. The third-order valence-corrected chi connectivity index (χ3v) is 9.83. The SMILES string of the molecule is CCN(CC)c1ccc(S(=O)(=O)N2CCCC(C(=O)N3CCN(c4ccnc5cc(F)ccc45)CC3)C2)cc1. The maximum absolute atomic E-state index is 13.7. The van der Waals surface area contributed by atoms with Crippen LogP contribution >= 0.6 is 0 Å². The average Bonchev–Trinajstić information content (AvgIpc) is 2.97. The smallest absolute Gasteiger partial charge is 0.243 e. The number of aromatic nitrogens is 1. The van der Waals surface area contributed by atoms with Crippen molar-refractivity contribution in [1.82, 2.24) is 14.2 Å². The van der Waals surface area contributed by atoms with E-state index in [1.54, 1.807) is 24.4 Å². The van der Waals surface area contributed by atoms with Crippen LogP contribution in [0.1, 0.15) is 26.7 Å². The maximum atomic E-state index is 13.7. The van der Waals surface area contributed by atoms with Crippen molar-refractivity contribution >= 4 is 38.2 Å². The van der Waals surface area contributed by atoms with Gasteiger partial charge >= 0.3 is 0 Å². The number of hydrogen-bond donors (Lipinski definition) is 0. The molecular formula is C29H36FN5O3S. The van der Waals surface area contributed by atoms with Gasteiger partial charge in [0.05, 0.1) is 16.3 Å². The lowest BCUT2D eigenvalue weighted by Crippen LogP contribution is -2.53. The van der Waals surface area contributed by atoms with Gasteiger partial charge in [0, 0.05) is 81.4 Å². The number of piperidine rings is 1. The fourth-order valence-electron chi connectivity index (χ4n) is 5.74. The predicted octanol–water partition coefficient (Wildman–Crippen LogP) is 3.97. The van der Waals surface area contributed by atoms with E-state index in [9.17, 15) is 17.6 Å². The fraction of sp³-hybridized carbons (Fsp3) is 0.448. The van der Waals surface area contributed by atoms with Crippen LogP contribution in [0.5, 0.6) is 0 Å². The van der Waals surface area contributed by atoms with Crippen molar-refractivity contribution in [3.63, 3.8) is 0 Å². The molecule has 1 amide bonds. The highest BCUT2D eigenvalue weighted by atomic mass is 32.2. The number of hydrogen-bond acceptors (Lipinski definition) is 6. The molecule has 1 unspecified atom stereocenters. The summed E-state index contributed by atoms with van der Waals surface area (Å²) in [7, 11) is -3.68. The van der Waals surface area contributed by atoms with E-state index >= 15 is 0 Å². The van der Waals surface area contributed by atoms with E-state index in [4.69, 9.17) is 0 Å². The van der Waals surface area contributed by atoms with Crippen molar-refractivity contribution in [3.05, 3.63) is 60.5 Å². The van der Waals surface area contributed by atoms with Crippen molar-refractivity contribution in [2.75, 3.05) is 62.2 Å². The number of pyridine rings is 1. The molecule has 5 rings (SSSR count). The van der Waals surface area contributed by atoms with Crippen LogP contribution in [0.25, 0.3) is 10.9 Å². The number of fused-ring (bicyclic) bond motifs is 1. The fourth-order valence-corrected chi connectivity index (χ4v) is 7.26. The first-order chi connectivity index (χ1) is 18.8. The van der Waals surface area contributed by atoms with Crippen molar-refractivity contribution in [2.24, 2.45) is 5.92 Å². The summed E-state index contributed by atoms with van der Waals surface area (Å²) in [5.41, 5.74) is 2.59. The molecule has 10 heteroatoms. The van der Waals surface area contributed by atoms with Crippen molar-refractivity contribution in [3.8, 4) is 0 Å². The highest BCUT2D eigenvalue weighted by Crippen LogP contribution is 2.29. The summed E-state index contributed by atoms with van der Waals surface area (Å²) in [6, 6.07) is 13.6. The van der Waals surface area contributed by atoms with Crippen LogP contribution in [-0.4, -0.2) is 80.9 Å². The van der Waals surface area contributed by atoms with Gasteiger partial charge in [-0.15, -0.1) is 0 Å². The van der Waals surface area contributed by atoms with E-state index < -0.39 is 10.0 Å². The first-order valence-corrected chi connectivity index (χ1v) is 15.2. The van der Waals surface area contributed by atoms with Gasteiger partial charge in [-0.05, 0) is 69.2 Å². The number of halogens is 1. The summed E-state index contributed by atoms with van der Waals surface area (Å²) in [6.45, 7) is 8.89. The number of carbonyl (C=O) groups is 1. The Labute approximate surface area is 230 Å². The zero-order chi connectivity index (χ0) is 27.6. The zero-order valence-corrected chi connectivity index (χ0v) is 23.4. The van der Waals surface area contributed by atoms with Crippen LogP contribution < -0.4 is 9.80 Å². The normalized spacial score (nSPS) is 18.9. The molecule has 1 aromatic heterocycles. The number of carbonyl (C=O) groups excluding carboxylic acids is 1. The highest BCUT2D eigenvalue weighted by Gasteiger charge is 2.36. The molecule has 0 saturated carbocycles. The maximum Gasteiger partial charge on any atom is 0.243 e. The van der Waals surface area contributed by atoms with E-state index in [0.29, 0.717) is 51.1 Å². The van der Waals surface area contributed by atoms with Crippen LogP contribution in [0.3, 0.4) is 0 Å². The minimum Gasteiger partial charge on any atom is -0.372 e. The average molecular weight is 554 g/mol. The lowest BCUT2D eigenvalue weighted by molar-refractivity contribution is -0.137. The van der Waals surface area contributed by atoms with Crippen LogP contribution in [0.4, 0.5) is 15.8 Å². The molecule has 1 atom stereocenters. The van der Waals surface area contributed by atoms with Gasteiger partial charge in [-0.25, -0.2) is 12.8 Å². The zero-order valence-electron chi connectivity index (χ0n) is 22.6. The Kier molecular flexibility index (Phi) is 8.04. The van der Waals surface area contributed by atoms with E-state index in [-0.39, 0.29) is 29.1 Å². The molecule has 39 heavy (non-hydrogen) atoms. The largest absolute Gasteiger partial charge is 0.372 e. The first-order valence-electron chi connectivity index (χ1n) is 13.7. The third kappa shape index (κ3) is 5.58. The Balaban J connectivity index is 1.23. The standard InChI is InChI=1S/C29H36FN5O3S/c1-3-32(4-2)24-8-10-25(11-9-24)39(37,38)35-15-5-6-22(21-35)29(36)34-18-16-33(17-19-34)28-13-14-31-27-20-23(30)7-12-26(27)28/h7-14,20,22H,3-6,15-19,21H2,1-2H3. The number of sulfonamides is 1. The molecule has 2 saturated heterocycles. The molecule has 2 aliphatic heterocycles. The second-order valence-corrected chi connectivity index (χ2v) is 12.1. The van der Waals surface area contributed by atoms with Gasteiger partial charge < -0.3 is 14.7 Å². The number of rotatable bonds is 7. The molecule has 2 aliphatic rings. The monoisotopic (exact) mass is 553 g/mol. The van der Waals surface area contributed by atoms with Crippen LogP contribution in [-0.2, 0) is 14.8 Å². The summed E-state index contributed by atoms with van der Waals surface area (Å²) >= 11 is 0. The number of piperazine rings is 1. The Morgan fingerprint density at radius 3 is 2.41 bits per heavy atom. The van der Waals surface area contributed by atoms with E-state index in [2.05, 4.69) is 28.6 Å². The van der Waals surface area contributed by atoms with Crippen LogP contribution in [0, 0.1) is 11.7 Å². The van der Waals surface area contributed by atoms with Crippen molar-refractivity contribution in [2.45, 2.75) is 31.6 Å². The number of benzene rings is 2. The molecular weight excluding hydrogens is 517 g/mol. The number of amides is 1. The Morgan fingerprint density at radius 2 is 1.72 bits per heavy atom. The molecule has 0 aliphatic carbocycles. The van der Waals surface area contributed by atoms with Gasteiger partial charge in [-0.1, -0.05) is 0 Å².